The van der Waals surface area contributed by atoms with Crippen molar-refractivity contribution in [2.45, 2.75) is 26.2 Å². The number of anilines is 1. The standard InChI is InChI=1S/C14H21NO/c1-3-12(2)13-4-6-14(7-5-13)15-8-10-16-11-9-15/h4-7,12H,3,8-11H2,1-2H3/t12-/m1/s1. The van der Waals surface area contributed by atoms with Crippen LogP contribution in [0.25, 0.3) is 0 Å². The molecule has 1 aromatic rings. The van der Waals surface area contributed by atoms with Gasteiger partial charge >= 0.3 is 0 Å². The maximum Gasteiger partial charge on any atom is 0.0642 e. The summed E-state index contributed by atoms with van der Waals surface area (Å²) in [4.78, 5) is 2.39. The lowest BCUT2D eigenvalue weighted by molar-refractivity contribution is 0.122. The van der Waals surface area contributed by atoms with Crippen molar-refractivity contribution < 1.29 is 4.74 Å². The van der Waals surface area contributed by atoms with Crippen molar-refractivity contribution in [1.29, 1.82) is 0 Å². The Kier molecular flexibility index (Phi) is 3.83. The van der Waals surface area contributed by atoms with Crippen LogP contribution in [-0.4, -0.2) is 26.3 Å². The molecule has 0 spiro atoms. The summed E-state index contributed by atoms with van der Waals surface area (Å²) < 4.78 is 5.36. The zero-order chi connectivity index (χ0) is 11.4. The molecule has 88 valence electrons. The second-order valence-corrected chi connectivity index (χ2v) is 4.50. The van der Waals surface area contributed by atoms with Gasteiger partial charge in [-0.3, -0.25) is 0 Å². The normalized spacial score (nSPS) is 18.5. The van der Waals surface area contributed by atoms with E-state index in [9.17, 15) is 0 Å². The molecular formula is C14H21NO. The Bertz CT molecular complexity index is 314. The van der Waals surface area contributed by atoms with E-state index in [1.54, 1.807) is 0 Å². The van der Waals surface area contributed by atoms with Gasteiger partial charge in [-0.2, -0.15) is 0 Å². The van der Waals surface area contributed by atoms with Crippen LogP contribution in [0.2, 0.25) is 0 Å². The molecule has 0 unspecified atom stereocenters. The Hall–Kier alpha value is -1.02. The molecule has 0 bridgehead atoms. The third-order valence-corrected chi connectivity index (χ3v) is 3.45. The van der Waals surface area contributed by atoms with E-state index in [4.69, 9.17) is 4.74 Å². The first-order valence-corrected chi connectivity index (χ1v) is 6.24. The Morgan fingerprint density at radius 3 is 2.38 bits per heavy atom. The summed E-state index contributed by atoms with van der Waals surface area (Å²) >= 11 is 0. The van der Waals surface area contributed by atoms with Crippen LogP contribution in [0.5, 0.6) is 0 Å². The molecule has 0 N–H and O–H groups in total. The minimum Gasteiger partial charge on any atom is -0.378 e. The predicted octanol–water partition coefficient (Wildman–Crippen LogP) is 3.04. The first-order valence-electron chi connectivity index (χ1n) is 6.24. The molecule has 0 aromatic heterocycles. The number of benzene rings is 1. The maximum absolute atomic E-state index is 5.36. The molecular weight excluding hydrogens is 198 g/mol. The van der Waals surface area contributed by atoms with Gasteiger partial charge in [-0.25, -0.2) is 0 Å². The second kappa shape index (κ2) is 5.35. The zero-order valence-corrected chi connectivity index (χ0v) is 10.3. The highest BCUT2D eigenvalue weighted by molar-refractivity contribution is 5.48. The summed E-state index contributed by atoms with van der Waals surface area (Å²) in [7, 11) is 0. The lowest BCUT2D eigenvalue weighted by atomic mass is 9.98. The summed E-state index contributed by atoms with van der Waals surface area (Å²) in [6, 6.07) is 9.01. The fraction of sp³-hybridized carbons (Fsp3) is 0.571. The van der Waals surface area contributed by atoms with Gasteiger partial charge in [-0.1, -0.05) is 26.0 Å². The van der Waals surface area contributed by atoms with Gasteiger partial charge in [0.2, 0.25) is 0 Å². The zero-order valence-electron chi connectivity index (χ0n) is 10.3. The molecule has 16 heavy (non-hydrogen) atoms. The Balaban J connectivity index is 2.06. The molecule has 1 aliphatic heterocycles. The quantitative estimate of drug-likeness (QED) is 0.774. The average molecular weight is 219 g/mol. The van der Waals surface area contributed by atoms with E-state index in [2.05, 4.69) is 43.0 Å². The van der Waals surface area contributed by atoms with Gasteiger partial charge in [-0.05, 0) is 30.0 Å². The van der Waals surface area contributed by atoms with Crippen LogP contribution in [0.15, 0.2) is 24.3 Å². The lowest BCUT2D eigenvalue weighted by Crippen LogP contribution is -2.36. The maximum atomic E-state index is 5.36. The predicted molar refractivity (Wildman–Crippen MR) is 68.2 cm³/mol. The fourth-order valence-electron chi connectivity index (χ4n) is 2.07. The highest BCUT2D eigenvalue weighted by atomic mass is 16.5. The molecule has 2 rings (SSSR count). The van der Waals surface area contributed by atoms with Gasteiger partial charge in [0, 0.05) is 18.8 Å². The van der Waals surface area contributed by atoms with E-state index in [0.29, 0.717) is 5.92 Å². The number of ether oxygens (including phenoxy) is 1. The van der Waals surface area contributed by atoms with Crippen molar-refractivity contribution >= 4 is 5.69 Å². The largest absolute Gasteiger partial charge is 0.378 e. The molecule has 0 amide bonds. The SMILES string of the molecule is CC[C@@H](C)c1ccc(N2CCOCC2)cc1. The highest BCUT2D eigenvalue weighted by Gasteiger charge is 2.11. The molecule has 2 nitrogen and oxygen atoms in total. The van der Waals surface area contributed by atoms with E-state index in [1.807, 2.05) is 0 Å². The number of hydrogen-bond acceptors (Lipinski definition) is 2. The van der Waals surface area contributed by atoms with Gasteiger partial charge in [0.25, 0.3) is 0 Å². The second-order valence-electron chi connectivity index (χ2n) is 4.50. The molecule has 1 heterocycles. The summed E-state index contributed by atoms with van der Waals surface area (Å²) in [5, 5.41) is 0. The van der Waals surface area contributed by atoms with Crippen molar-refractivity contribution in [3.8, 4) is 0 Å². The molecule has 0 saturated carbocycles. The molecule has 1 fully saturated rings. The minimum atomic E-state index is 0.665. The first-order chi connectivity index (χ1) is 7.81. The van der Waals surface area contributed by atoms with Crippen LogP contribution >= 0.6 is 0 Å². The number of morpholine rings is 1. The number of rotatable bonds is 3. The van der Waals surface area contributed by atoms with Gasteiger partial charge in [0.05, 0.1) is 13.2 Å². The van der Waals surface area contributed by atoms with Gasteiger partial charge in [-0.15, -0.1) is 0 Å². The third-order valence-electron chi connectivity index (χ3n) is 3.45. The average Bonchev–Trinajstić information content (AvgIpc) is 2.39. The minimum absolute atomic E-state index is 0.665. The van der Waals surface area contributed by atoms with Crippen LogP contribution in [0.3, 0.4) is 0 Å². The Morgan fingerprint density at radius 1 is 1.19 bits per heavy atom. The molecule has 1 aromatic carbocycles. The van der Waals surface area contributed by atoms with Crippen molar-refractivity contribution in [1.82, 2.24) is 0 Å². The third kappa shape index (κ3) is 2.56. The van der Waals surface area contributed by atoms with E-state index in [-0.39, 0.29) is 0 Å². The first kappa shape index (κ1) is 11.5. The van der Waals surface area contributed by atoms with Gasteiger partial charge in [0.1, 0.15) is 0 Å². The van der Waals surface area contributed by atoms with Crippen LogP contribution in [-0.2, 0) is 4.74 Å². The molecule has 1 atom stereocenters. The monoisotopic (exact) mass is 219 g/mol. The fourth-order valence-corrected chi connectivity index (χ4v) is 2.07. The Labute approximate surface area is 98.2 Å². The van der Waals surface area contributed by atoms with E-state index < -0.39 is 0 Å². The van der Waals surface area contributed by atoms with E-state index >= 15 is 0 Å². The van der Waals surface area contributed by atoms with Crippen molar-refractivity contribution in [2.75, 3.05) is 31.2 Å². The van der Waals surface area contributed by atoms with Crippen molar-refractivity contribution in [3.05, 3.63) is 29.8 Å². The van der Waals surface area contributed by atoms with E-state index in [0.717, 1.165) is 26.3 Å². The molecule has 0 aliphatic carbocycles. The van der Waals surface area contributed by atoms with Crippen LogP contribution in [0, 0.1) is 0 Å². The molecule has 1 aliphatic rings. The Morgan fingerprint density at radius 2 is 1.81 bits per heavy atom. The molecule has 0 radical (unpaired) electrons. The van der Waals surface area contributed by atoms with Gasteiger partial charge in [0.15, 0.2) is 0 Å². The topological polar surface area (TPSA) is 12.5 Å². The number of nitrogens with zero attached hydrogens (tertiary/aromatic N) is 1. The summed E-state index contributed by atoms with van der Waals surface area (Å²) in [5.74, 6) is 0.665. The summed E-state index contributed by atoms with van der Waals surface area (Å²) in [6.45, 7) is 8.26. The summed E-state index contributed by atoms with van der Waals surface area (Å²) in [6.07, 6.45) is 1.21. The van der Waals surface area contributed by atoms with Crippen LogP contribution < -0.4 is 4.90 Å². The lowest BCUT2D eigenvalue weighted by Gasteiger charge is -2.29. The van der Waals surface area contributed by atoms with Crippen LogP contribution in [0.4, 0.5) is 5.69 Å². The van der Waals surface area contributed by atoms with Gasteiger partial charge < -0.3 is 9.64 Å². The van der Waals surface area contributed by atoms with Crippen molar-refractivity contribution in [3.63, 3.8) is 0 Å². The summed E-state index contributed by atoms with van der Waals surface area (Å²) in [5.41, 5.74) is 2.77. The smallest absolute Gasteiger partial charge is 0.0642 e. The number of hydrogen-bond donors (Lipinski definition) is 0. The molecule has 2 heteroatoms. The van der Waals surface area contributed by atoms with E-state index in [1.165, 1.54) is 17.7 Å². The molecule has 1 saturated heterocycles. The van der Waals surface area contributed by atoms with Crippen molar-refractivity contribution in [2.24, 2.45) is 0 Å². The van der Waals surface area contributed by atoms with Crippen LogP contribution in [0.1, 0.15) is 31.7 Å². The highest BCUT2D eigenvalue weighted by Crippen LogP contribution is 2.22.